The molecule has 1 aliphatic heterocycles. The first-order chi connectivity index (χ1) is 16.2. The molecular weight excluding hydrogens is 434 g/mol. The van der Waals surface area contributed by atoms with Gasteiger partial charge in [-0.2, -0.15) is 0 Å². The molecule has 1 fully saturated rings. The molecule has 0 radical (unpaired) electrons. The van der Waals surface area contributed by atoms with Gasteiger partial charge in [-0.15, -0.1) is 0 Å². The van der Waals surface area contributed by atoms with E-state index in [-0.39, 0.29) is 30.3 Å². The summed E-state index contributed by atoms with van der Waals surface area (Å²) in [6.45, 7) is 5.42. The monoisotopic (exact) mass is 459 g/mol. The molecule has 3 aromatic rings. The minimum absolute atomic E-state index is 0.0345. The highest BCUT2D eigenvalue weighted by Gasteiger charge is 2.28. The molecule has 0 bridgehead atoms. The number of carbonyl (C=O) groups is 4. The molecule has 8 nitrogen and oxygen atoms in total. The standard InChI is InChI=1S/C26H25N3O5/c1-16-7-9-21(10-8-16)29-17(2)11-22(18(29)3)23(30)15-34-25(32)20-6-4-5-19(12-20)14-28-24(31)13-27-26(28)33/h4-12H,13-15H2,1-3H3,(H,27,33). The van der Waals surface area contributed by atoms with Gasteiger partial charge in [-0.1, -0.05) is 29.8 Å². The van der Waals surface area contributed by atoms with Gasteiger partial charge in [-0.3, -0.25) is 14.5 Å². The van der Waals surface area contributed by atoms with E-state index in [2.05, 4.69) is 5.32 Å². The molecule has 0 atom stereocenters. The number of aromatic nitrogens is 1. The highest BCUT2D eigenvalue weighted by atomic mass is 16.5. The number of nitrogens with zero attached hydrogens (tertiary/aromatic N) is 2. The summed E-state index contributed by atoms with van der Waals surface area (Å²) < 4.78 is 7.27. The second-order valence-electron chi connectivity index (χ2n) is 8.29. The SMILES string of the molecule is Cc1ccc(-n2c(C)cc(C(=O)COC(=O)c3cccc(CN4C(=O)CNC4=O)c3)c2C)cc1. The summed E-state index contributed by atoms with van der Waals surface area (Å²) in [6.07, 6.45) is 0. The first-order valence-corrected chi connectivity index (χ1v) is 10.9. The lowest BCUT2D eigenvalue weighted by Crippen LogP contribution is -2.30. The van der Waals surface area contributed by atoms with Crippen LogP contribution >= 0.6 is 0 Å². The molecule has 1 saturated heterocycles. The Morgan fingerprint density at radius 1 is 1.00 bits per heavy atom. The van der Waals surface area contributed by atoms with Crippen LogP contribution in [0.25, 0.3) is 5.69 Å². The summed E-state index contributed by atoms with van der Waals surface area (Å²) in [5, 5.41) is 2.45. The summed E-state index contributed by atoms with van der Waals surface area (Å²) >= 11 is 0. The third-order valence-corrected chi connectivity index (χ3v) is 5.80. The van der Waals surface area contributed by atoms with Gasteiger partial charge in [0.05, 0.1) is 18.7 Å². The van der Waals surface area contributed by atoms with Crippen LogP contribution in [0.15, 0.2) is 54.6 Å². The molecule has 3 amide bonds. The second kappa shape index (κ2) is 9.35. The Hall–Kier alpha value is -4.20. The highest BCUT2D eigenvalue weighted by molar-refractivity contribution is 6.02. The minimum Gasteiger partial charge on any atom is -0.454 e. The third kappa shape index (κ3) is 4.61. The van der Waals surface area contributed by atoms with Crippen LogP contribution in [0, 0.1) is 20.8 Å². The van der Waals surface area contributed by atoms with Gasteiger partial charge in [0, 0.05) is 22.6 Å². The number of imide groups is 1. The number of benzene rings is 2. The molecule has 0 saturated carbocycles. The highest BCUT2D eigenvalue weighted by Crippen LogP contribution is 2.22. The zero-order valence-corrected chi connectivity index (χ0v) is 19.3. The van der Waals surface area contributed by atoms with Crippen molar-refractivity contribution in [1.82, 2.24) is 14.8 Å². The van der Waals surface area contributed by atoms with Crippen molar-refractivity contribution >= 4 is 23.7 Å². The van der Waals surface area contributed by atoms with Crippen molar-refractivity contribution < 1.29 is 23.9 Å². The van der Waals surface area contributed by atoms with Crippen molar-refractivity contribution in [3.8, 4) is 5.69 Å². The number of rotatable bonds is 7. The molecule has 174 valence electrons. The Bertz CT molecular complexity index is 1270. The predicted octanol–water partition coefficient (Wildman–Crippen LogP) is 3.49. The number of nitrogens with one attached hydrogen (secondary N) is 1. The fourth-order valence-corrected chi connectivity index (χ4v) is 4.02. The molecule has 8 heteroatoms. The number of amides is 3. The number of hydrogen-bond donors (Lipinski definition) is 1. The van der Waals surface area contributed by atoms with Gasteiger partial charge in [0.25, 0.3) is 0 Å². The zero-order valence-electron chi connectivity index (χ0n) is 19.3. The van der Waals surface area contributed by atoms with E-state index in [0.717, 1.165) is 27.5 Å². The van der Waals surface area contributed by atoms with Crippen LogP contribution < -0.4 is 5.32 Å². The second-order valence-corrected chi connectivity index (χ2v) is 8.29. The molecule has 4 rings (SSSR count). The average Bonchev–Trinajstić information content (AvgIpc) is 3.30. The summed E-state index contributed by atoms with van der Waals surface area (Å²) in [7, 11) is 0. The zero-order chi connectivity index (χ0) is 24.4. The summed E-state index contributed by atoms with van der Waals surface area (Å²) in [5.41, 5.74) is 5.13. The largest absolute Gasteiger partial charge is 0.454 e. The van der Waals surface area contributed by atoms with Crippen molar-refractivity contribution in [2.45, 2.75) is 27.3 Å². The van der Waals surface area contributed by atoms with Gasteiger partial charge in [0.2, 0.25) is 11.7 Å². The average molecular weight is 460 g/mol. The lowest BCUT2D eigenvalue weighted by atomic mass is 10.1. The number of Topliss-reactive ketones (excluding diaryl/α,β-unsaturated/α-hetero) is 1. The molecule has 1 aromatic heterocycles. The quantitative estimate of drug-likeness (QED) is 0.331. The number of urea groups is 1. The van der Waals surface area contributed by atoms with Gasteiger partial charge in [-0.25, -0.2) is 9.59 Å². The number of hydrogen-bond acceptors (Lipinski definition) is 5. The van der Waals surface area contributed by atoms with E-state index < -0.39 is 18.6 Å². The normalized spacial score (nSPS) is 13.2. The van der Waals surface area contributed by atoms with Crippen LogP contribution in [0.4, 0.5) is 4.79 Å². The van der Waals surface area contributed by atoms with E-state index >= 15 is 0 Å². The van der Waals surface area contributed by atoms with E-state index in [1.165, 1.54) is 0 Å². The first-order valence-electron chi connectivity index (χ1n) is 10.9. The van der Waals surface area contributed by atoms with Crippen LogP contribution in [0.3, 0.4) is 0 Å². The van der Waals surface area contributed by atoms with E-state index in [1.54, 1.807) is 30.3 Å². The molecule has 2 heterocycles. The van der Waals surface area contributed by atoms with Crippen LogP contribution in [-0.4, -0.2) is 46.3 Å². The van der Waals surface area contributed by atoms with Crippen molar-refractivity contribution in [1.29, 1.82) is 0 Å². The molecule has 2 aromatic carbocycles. The molecule has 0 spiro atoms. The minimum atomic E-state index is -0.653. The summed E-state index contributed by atoms with van der Waals surface area (Å²) in [6, 6.07) is 15.8. The van der Waals surface area contributed by atoms with Gasteiger partial charge in [0.1, 0.15) is 0 Å². The van der Waals surface area contributed by atoms with E-state index in [4.69, 9.17) is 4.74 Å². The molecular formula is C26H25N3O5. The number of aryl methyl sites for hydroxylation is 2. The third-order valence-electron chi connectivity index (χ3n) is 5.80. The van der Waals surface area contributed by atoms with E-state index in [1.807, 2.05) is 49.6 Å². The topological polar surface area (TPSA) is 97.7 Å². The van der Waals surface area contributed by atoms with Gasteiger partial charge in [-0.05, 0) is 56.7 Å². The maximum Gasteiger partial charge on any atom is 0.338 e. The van der Waals surface area contributed by atoms with Crippen LogP contribution in [-0.2, 0) is 16.1 Å². The fraction of sp³-hybridized carbons (Fsp3) is 0.231. The van der Waals surface area contributed by atoms with E-state index in [0.29, 0.717) is 11.1 Å². The first kappa shape index (κ1) is 23.0. The molecule has 1 aliphatic rings. The van der Waals surface area contributed by atoms with Gasteiger partial charge in [0.15, 0.2) is 6.61 Å². The van der Waals surface area contributed by atoms with E-state index in [9.17, 15) is 19.2 Å². The lowest BCUT2D eigenvalue weighted by Gasteiger charge is -2.13. The number of ketones is 1. The fourth-order valence-electron chi connectivity index (χ4n) is 4.02. The maximum absolute atomic E-state index is 12.8. The Labute approximate surface area is 197 Å². The Balaban J connectivity index is 1.43. The summed E-state index contributed by atoms with van der Waals surface area (Å²) in [5.74, 6) is -1.28. The van der Waals surface area contributed by atoms with Crippen LogP contribution in [0.5, 0.6) is 0 Å². The summed E-state index contributed by atoms with van der Waals surface area (Å²) in [4.78, 5) is 50.0. The van der Waals surface area contributed by atoms with Crippen molar-refractivity contribution in [3.05, 3.63) is 88.2 Å². The van der Waals surface area contributed by atoms with Gasteiger partial charge >= 0.3 is 12.0 Å². The number of carbonyl (C=O) groups excluding carboxylic acids is 4. The van der Waals surface area contributed by atoms with Crippen LogP contribution in [0.1, 0.15) is 43.2 Å². The number of esters is 1. The van der Waals surface area contributed by atoms with Crippen LogP contribution in [0.2, 0.25) is 0 Å². The maximum atomic E-state index is 12.8. The Morgan fingerprint density at radius 2 is 1.74 bits per heavy atom. The smallest absolute Gasteiger partial charge is 0.338 e. The van der Waals surface area contributed by atoms with Crippen molar-refractivity contribution in [2.75, 3.05) is 13.2 Å². The molecule has 1 N–H and O–H groups in total. The van der Waals surface area contributed by atoms with Crippen molar-refractivity contribution in [3.63, 3.8) is 0 Å². The Morgan fingerprint density at radius 3 is 2.41 bits per heavy atom. The molecule has 0 aliphatic carbocycles. The number of ether oxygens (including phenoxy) is 1. The van der Waals surface area contributed by atoms with Crippen molar-refractivity contribution in [2.24, 2.45) is 0 Å². The van der Waals surface area contributed by atoms with Gasteiger partial charge < -0.3 is 14.6 Å². The lowest BCUT2D eigenvalue weighted by molar-refractivity contribution is -0.125. The Kier molecular flexibility index (Phi) is 6.32. The molecule has 34 heavy (non-hydrogen) atoms. The predicted molar refractivity (Wildman–Crippen MR) is 125 cm³/mol. The molecule has 0 unspecified atom stereocenters.